The Labute approximate surface area is 243 Å². The van der Waals surface area contributed by atoms with Gasteiger partial charge in [-0.25, -0.2) is 0 Å². The third-order valence-electron chi connectivity index (χ3n) is 8.91. The van der Waals surface area contributed by atoms with Crippen molar-refractivity contribution in [2.45, 2.75) is 50.0 Å². The van der Waals surface area contributed by atoms with Crippen molar-refractivity contribution in [3.8, 4) is 0 Å². The number of quaternary nitrogens is 1. The second-order valence-corrected chi connectivity index (χ2v) is 12.3. The highest BCUT2D eigenvalue weighted by Crippen LogP contribution is 2.40. The first-order chi connectivity index (χ1) is 18.8. The Morgan fingerprint density at radius 1 is 1.00 bits per heavy atom. The van der Waals surface area contributed by atoms with E-state index >= 15 is 0 Å². The lowest BCUT2D eigenvalue weighted by Gasteiger charge is -2.56. The van der Waals surface area contributed by atoms with Crippen LogP contribution in [-0.2, 0) is 4.79 Å². The second-order valence-electron chi connectivity index (χ2n) is 11.4. The Bertz CT molecular complexity index is 1110. The lowest BCUT2D eigenvalue weighted by molar-refractivity contribution is -0.972. The minimum Gasteiger partial charge on any atom is -0.343 e. The largest absolute Gasteiger partial charge is 0.343 e. The molecule has 2 aliphatic rings. The van der Waals surface area contributed by atoms with E-state index in [0.29, 0.717) is 22.2 Å². The zero-order valence-corrected chi connectivity index (χ0v) is 24.9. The van der Waals surface area contributed by atoms with Gasteiger partial charge in [-0.1, -0.05) is 59.6 Å². The smallest absolute Gasteiger partial charge is 0.283 e. The molecular weight excluding hydrogens is 531 g/mol. The zero-order valence-electron chi connectivity index (χ0n) is 23.4. The number of carbonyl (C=O) groups excluding carboxylic acids is 2. The molecule has 2 aliphatic heterocycles. The normalized spacial score (nSPS) is 19.3. The van der Waals surface area contributed by atoms with Crippen LogP contribution in [-0.4, -0.2) is 86.5 Å². The fourth-order valence-electron chi connectivity index (χ4n) is 6.77. The minimum atomic E-state index is -0.395. The van der Waals surface area contributed by atoms with Crippen molar-refractivity contribution in [1.82, 2.24) is 15.5 Å². The molecular formula is C31H43Cl2N4O2+. The molecule has 2 heterocycles. The SMILES string of the molecule is CN(C)C(=O)C1([N+]2(CCC(CNCC(=O)c3ccccc3)c3ccc(Cl)c(Cl)c3)CCCCC2)CCNCC1. The van der Waals surface area contributed by atoms with Crippen molar-refractivity contribution >= 4 is 34.9 Å². The average molecular weight is 575 g/mol. The topological polar surface area (TPSA) is 61.4 Å². The van der Waals surface area contributed by atoms with Gasteiger partial charge >= 0.3 is 0 Å². The lowest BCUT2D eigenvalue weighted by atomic mass is 9.79. The van der Waals surface area contributed by atoms with Crippen molar-refractivity contribution in [3.63, 3.8) is 0 Å². The summed E-state index contributed by atoms with van der Waals surface area (Å²) in [5.41, 5.74) is 1.43. The van der Waals surface area contributed by atoms with Gasteiger partial charge in [0.1, 0.15) is 0 Å². The average Bonchev–Trinajstić information content (AvgIpc) is 2.97. The maximum absolute atomic E-state index is 13.9. The number of Topliss-reactive ketones (excluding diaryl/α,β-unsaturated/α-hetero) is 1. The molecule has 0 spiro atoms. The van der Waals surface area contributed by atoms with E-state index in [1.807, 2.05) is 67.5 Å². The third kappa shape index (κ3) is 6.86. The molecule has 6 nitrogen and oxygen atoms in total. The van der Waals surface area contributed by atoms with E-state index in [9.17, 15) is 9.59 Å². The van der Waals surface area contributed by atoms with E-state index in [1.54, 1.807) is 0 Å². The van der Waals surface area contributed by atoms with Crippen LogP contribution in [0.25, 0.3) is 0 Å². The number of halogens is 2. The van der Waals surface area contributed by atoms with Crippen LogP contribution in [0.3, 0.4) is 0 Å². The molecule has 0 aromatic heterocycles. The monoisotopic (exact) mass is 573 g/mol. The van der Waals surface area contributed by atoms with Crippen LogP contribution in [0, 0.1) is 0 Å². The highest BCUT2D eigenvalue weighted by atomic mass is 35.5. The molecule has 2 aromatic rings. The van der Waals surface area contributed by atoms with Gasteiger partial charge in [-0.3, -0.25) is 9.59 Å². The number of nitrogens with one attached hydrogen (secondary N) is 2. The van der Waals surface area contributed by atoms with Crippen LogP contribution in [0.5, 0.6) is 0 Å². The van der Waals surface area contributed by atoms with E-state index in [0.717, 1.165) is 74.9 Å². The molecule has 2 aromatic carbocycles. The lowest BCUT2D eigenvalue weighted by Crippen LogP contribution is -2.74. The number of hydrogen-bond donors (Lipinski definition) is 2. The van der Waals surface area contributed by atoms with Gasteiger partial charge < -0.3 is 20.0 Å². The molecule has 0 bridgehead atoms. The maximum atomic E-state index is 13.9. The summed E-state index contributed by atoms with van der Waals surface area (Å²) in [5.74, 6) is 0.477. The van der Waals surface area contributed by atoms with Gasteiger partial charge in [-0.05, 0) is 37.0 Å². The minimum absolute atomic E-state index is 0.0771. The number of nitrogens with zero attached hydrogens (tertiary/aromatic N) is 2. The van der Waals surface area contributed by atoms with Crippen molar-refractivity contribution in [2.24, 2.45) is 0 Å². The predicted octanol–water partition coefficient (Wildman–Crippen LogP) is 5.15. The maximum Gasteiger partial charge on any atom is 0.283 e. The summed E-state index contributed by atoms with van der Waals surface area (Å²) < 4.78 is 0.854. The summed E-state index contributed by atoms with van der Waals surface area (Å²) in [4.78, 5) is 28.5. The van der Waals surface area contributed by atoms with E-state index in [2.05, 4.69) is 10.6 Å². The first kappa shape index (κ1) is 30.0. The molecule has 4 rings (SSSR count). The van der Waals surface area contributed by atoms with E-state index in [1.165, 1.54) is 6.42 Å². The van der Waals surface area contributed by atoms with E-state index in [-0.39, 0.29) is 24.2 Å². The highest BCUT2D eigenvalue weighted by molar-refractivity contribution is 6.42. The van der Waals surface area contributed by atoms with Gasteiger partial charge in [0.2, 0.25) is 0 Å². The van der Waals surface area contributed by atoms with Crippen molar-refractivity contribution in [2.75, 3.05) is 59.9 Å². The summed E-state index contributed by atoms with van der Waals surface area (Å²) >= 11 is 12.7. The molecule has 8 heteroatoms. The second kappa shape index (κ2) is 13.6. The Hall–Kier alpha value is -1.96. The Morgan fingerprint density at radius 2 is 1.69 bits per heavy atom. The van der Waals surface area contributed by atoms with Crippen molar-refractivity contribution in [1.29, 1.82) is 0 Å². The van der Waals surface area contributed by atoms with Crippen LogP contribution in [0.4, 0.5) is 0 Å². The molecule has 0 saturated carbocycles. The highest BCUT2D eigenvalue weighted by Gasteiger charge is 2.57. The van der Waals surface area contributed by atoms with Crippen LogP contribution in [0.1, 0.15) is 60.4 Å². The first-order valence-corrected chi connectivity index (χ1v) is 15.1. The van der Waals surface area contributed by atoms with Gasteiger partial charge in [-0.2, -0.15) is 0 Å². The molecule has 212 valence electrons. The number of likely N-dealkylation sites (N-methyl/N-ethyl adjacent to an activating group) is 1. The summed E-state index contributed by atoms with van der Waals surface area (Å²) in [6.45, 7) is 5.65. The summed E-state index contributed by atoms with van der Waals surface area (Å²) in [5, 5.41) is 8.00. The molecule has 0 radical (unpaired) electrons. The molecule has 2 N–H and O–H groups in total. The third-order valence-corrected chi connectivity index (χ3v) is 9.65. The molecule has 1 unspecified atom stereocenters. The van der Waals surface area contributed by atoms with Crippen LogP contribution < -0.4 is 10.6 Å². The molecule has 1 amide bonds. The van der Waals surface area contributed by atoms with Gasteiger partial charge in [0.05, 0.1) is 36.2 Å². The van der Waals surface area contributed by atoms with E-state index in [4.69, 9.17) is 23.2 Å². The van der Waals surface area contributed by atoms with Gasteiger partial charge in [-0.15, -0.1) is 0 Å². The van der Waals surface area contributed by atoms with Gasteiger partial charge in [0.25, 0.3) is 5.91 Å². The number of carbonyl (C=O) groups is 2. The summed E-state index contributed by atoms with van der Waals surface area (Å²) in [6, 6.07) is 15.3. The summed E-state index contributed by atoms with van der Waals surface area (Å²) in [6.07, 6.45) is 6.15. The number of amides is 1. The van der Waals surface area contributed by atoms with E-state index < -0.39 is 5.54 Å². The number of likely N-dealkylation sites (tertiary alicyclic amines) is 1. The number of rotatable bonds is 11. The number of hydrogen-bond acceptors (Lipinski definition) is 4. The number of piperidine rings is 2. The standard InChI is InChI=1S/C31H43Cl2N4O2/c1-36(2)30(39)31(14-16-34-17-15-31)37(18-7-4-8-19-37)20-13-26(25-11-12-27(32)28(33)21-25)22-35-23-29(38)24-9-5-3-6-10-24/h3,5-6,9-12,21,26,34-35H,4,7-8,13-20,22-23H2,1-2H3/q+1. The molecule has 39 heavy (non-hydrogen) atoms. The van der Waals surface area contributed by atoms with Crippen molar-refractivity contribution < 1.29 is 14.1 Å². The fraction of sp³-hybridized carbons (Fsp3) is 0.548. The van der Waals surface area contributed by atoms with Crippen LogP contribution in [0.15, 0.2) is 48.5 Å². The Kier molecular flexibility index (Phi) is 10.5. The zero-order chi connectivity index (χ0) is 27.9. The predicted molar refractivity (Wildman–Crippen MR) is 160 cm³/mol. The molecule has 2 fully saturated rings. The van der Waals surface area contributed by atoms with Gasteiger partial charge in [0, 0.05) is 64.5 Å². The first-order valence-electron chi connectivity index (χ1n) is 14.3. The van der Waals surface area contributed by atoms with Crippen molar-refractivity contribution in [3.05, 3.63) is 69.7 Å². The quantitative estimate of drug-likeness (QED) is 0.288. The molecule has 0 aliphatic carbocycles. The Morgan fingerprint density at radius 3 is 2.33 bits per heavy atom. The number of ketones is 1. The van der Waals surface area contributed by atoms with Gasteiger partial charge in [0.15, 0.2) is 11.3 Å². The summed E-state index contributed by atoms with van der Waals surface area (Å²) in [7, 11) is 3.80. The molecule has 1 atom stereocenters. The molecule has 2 saturated heterocycles. The Balaban J connectivity index is 1.57. The van der Waals surface area contributed by atoms with Crippen LogP contribution >= 0.6 is 23.2 Å². The number of benzene rings is 2. The van der Waals surface area contributed by atoms with Crippen LogP contribution in [0.2, 0.25) is 10.0 Å². The fourth-order valence-corrected chi connectivity index (χ4v) is 7.08.